The number of rotatable bonds is 4. The molecule has 3 rings (SSSR count). The van der Waals surface area contributed by atoms with Gasteiger partial charge in [0.25, 0.3) is 5.91 Å². The SMILES string of the molecule is CCc1cc(N2CCC(NC(=O)c3csnc3C)CC2)ncn1. The lowest BCUT2D eigenvalue weighted by Crippen LogP contribution is -2.45. The molecule has 6 nitrogen and oxygen atoms in total. The fourth-order valence-electron chi connectivity index (χ4n) is 2.78. The van der Waals surface area contributed by atoms with Gasteiger partial charge in [0.15, 0.2) is 0 Å². The number of aromatic nitrogens is 3. The molecule has 0 radical (unpaired) electrons. The van der Waals surface area contributed by atoms with Gasteiger partial charge in [-0.3, -0.25) is 4.79 Å². The van der Waals surface area contributed by atoms with Crippen LogP contribution in [-0.2, 0) is 6.42 Å². The minimum atomic E-state index is -0.00925. The number of anilines is 1. The van der Waals surface area contributed by atoms with E-state index in [1.165, 1.54) is 11.5 Å². The number of aryl methyl sites for hydroxylation is 2. The van der Waals surface area contributed by atoms with Gasteiger partial charge in [-0.15, -0.1) is 0 Å². The van der Waals surface area contributed by atoms with Crippen molar-refractivity contribution in [2.45, 2.75) is 39.2 Å². The zero-order valence-corrected chi connectivity index (χ0v) is 14.3. The molecule has 1 aliphatic rings. The minimum Gasteiger partial charge on any atom is -0.356 e. The summed E-state index contributed by atoms with van der Waals surface area (Å²) in [5, 5.41) is 4.94. The smallest absolute Gasteiger partial charge is 0.254 e. The van der Waals surface area contributed by atoms with Gasteiger partial charge in [0.2, 0.25) is 0 Å². The van der Waals surface area contributed by atoms with Crippen LogP contribution in [0.3, 0.4) is 0 Å². The number of carbonyl (C=O) groups is 1. The quantitative estimate of drug-likeness (QED) is 0.930. The van der Waals surface area contributed by atoms with E-state index in [4.69, 9.17) is 0 Å². The van der Waals surface area contributed by atoms with Crippen LogP contribution in [0, 0.1) is 6.92 Å². The normalized spacial score (nSPS) is 15.7. The molecule has 0 bridgehead atoms. The topological polar surface area (TPSA) is 71.0 Å². The van der Waals surface area contributed by atoms with Crippen molar-refractivity contribution in [3.8, 4) is 0 Å². The molecule has 0 atom stereocenters. The van der Waals surface area contributed by atoms with E-state index in [-0.39, 0.29) is 11.9 Å². The fourth-order valence-corrected chi connectivity index (χ4v) is 3.47. The molecule has 2 aromatic heterocycles. The Balaban J connectivity index is 1.56. The second-order valence-corrected chi connectivity index (χ2v) is 6.40. The second-order valence-electron chi connectivity index (χ2n) is 5.77. The summed E-state index contributed by atoms with van der Waals surface area (Å²) in [7, 11) is 0. The third kappa shape index (κ3) is 3.67. The fraction of sp³-hybridized carbons (Fsp3) is 0.500. The summed E-state index contributed by atoms with van der Waals surface area (Å²) in [4.78, 5) is 23.1. The van der Waals surface area contributed by atoms with Crippen molar-refractivity contribution in [2.24, 2.45) is 0 Å². The van der Waals surface area contributed by atoms with Crippen LogP contribution >= 0.6 is 11.5 Å². The predicted octanol–water partition coefficient (Wildman–Crippen LogP) is 2.20. The summed E-state index contributed by atoms with van der Waals surface area (Å²) in [6.07, 6.45) is 4.39. The van der Waals surface area contributed by atoms with Crippen LogP contribution in [0.5, 0.6) is 0 Å². The molecule has 1 fully saturated rings. The van der Waals surface area contributed by atoms with Gasteiger partial charge in [0.1, 0.15) is 12.1 Å². The van der Waals surface area contributed by atoms with Gasteiger partial charge in [0, 0.05) is 36.3 Å². The number of nitrogens with one attached hydrogen (secondary N) is 1. The average Bonchev–Trinajstić information content (AvgIpc) is 3.02. The third-order valence-corrected chi connectivity index (χ3v) is 4.94. The van der Waals surface area contributed by atoms with E-state index in [1.54, 1.807) is 6.33 Å². The second kappa shape index (κ2) is 7.04. The third-order valence-electron chi connectivity index (χ3n) is 4.22. The Kier molecular flexibility index (Phi) is 4.85. The maximum Gasteiger partial charge on any atom is 0.254 e. The molecule has 0 unspecified atom stereocenters. The van der Waals surface area contributed by atoms with E-state index in [1.807, 2.05) is 12.3 Å². The standard InChI is InChI=1S/C16H21N5OS/c1-3-12-8-15(18-10-17-12)21-6-4-13(5-7-21)19-16(22)14-9-23-20-11(14)2/h8-10,13H,3-7H2,1-2H3,(H,19,22). The average molecular weight is 331 g/mol. The highest BCUT2D eigenvalue weighted by atomic mass is 32.1. The Morgan fingerprint density at radius 3 is 2.83 bits per heavy atom. The first-order valence-electron chi connectivity index (χ1n) is 7.95. The van der Waals surface area contributed by atoms with Crippen molar-refractivity contribution in [2.75, 3.05) is 18.0 Å². The van der Waals surface area contributed by atoms with Crippen LogP contribution in [0.15, 0.2) is 17.8 Å². The first kappa shape index (κ1) is 15.9. The lowest BCUT2D eigenvalue weighted by Gasteiger charge is -2.33. The molecule has 0 spiro atoms. The molecule has 3 heterocycles. The number of hydrogen-bond acceptors (Lipinski definition) is 6. The highest BCUT2D eigenvalue weighted by Crippen LogP contribution is 2.19. The molecular formula is C16H21N5OS. The highest BCUT2D eigenvalue weighted by Gasteiger charge is 2.23. The Bertz CT molecular complexity index is 679. The Labute approximate surface area is 140 Å². The first-order valence-corrected chi connectivity index (χ1v) is 8.78. The van der Waals surface area contributed by atoms with E-state index >= 15 is 0 Å². The number of piperidine rings is 1. The van der Waals surface area contributed by atoms with E-state index in [9.17, 15) is 4.79 Å². The molecule has 0 aromatic carbocycles. The molecule has 23 heavy (non-hydrogen) atoms. The minimum absolute atomic E-state index is 0.00925. The zero-order chi connectivity index (χ0) is 16.2. The summed E-state index contributed by atoms with van der Waals surface area (Å²) in [6, 6.07) is 2.27. The van der Waals surface area contributed by atoms with Crippen molar-refractivity contribution < 1.29 is 4.79 Å². The van der Waals surface area contributed by atoms with Gasteiger partial charge < -0.3 is 10.2 Å². The summed E-state index contributed by atoms with van der Waals surface area (Å²) >= 11 is 1.32. The van der Waals surface area contributed by atoms with Gasteiger partial charge in [-0.1, -0.05) is 6.92 Å². The van der Waals surface area contributed by atoms with E-state index in [0.717, 1.165) is 49.6 Å². The van der Waals surface area contributed by atoms with Gasteiger partial charge in [-0.05, 0) is 37.7 Å². The zero-order valence-electron chi connectivity index (χ0n) is 13.5. The predicted molar refractivity (Wildman–Crippen MR) is 91.0 cm³/mol. The van der Waals surface area contributed by atoms with Crippen molar-refractivity contribution >= 4 is 23.3 Å². The molecular weight excluding hydrogens is 310 g/mol. The molecule has 1 amide bonds. The van der Waals surface area contributed by atoms with Crippen LogP contribution in [0.2, 0.25) is 0 Å². The number of nitrogens with zero attached hydrogens (tertiary/aromatic N) is 4. The van der Waals surface area contributed by atoms with Crippen LogP contribution in [0.1, 0.15) is 41.5 Å². The van der Waals surface area contributed by atoms with Crippen LogP contribution < -0.4 is 10.2 Å². The van der Waals surface area contributed by atoms with E-state index in [0.29, 0.717) is 5.56 Å². The molecule has 0 aliphatic carbocycles. The number of amides is 1. The number of hydrogen-bond donors (Lipinski definition) is 1. The molecule has 1 saturated heterocycles. The van der Waals surface area contributed by atoms with Crippen molar-refractivity contribution in [3.63, 3.8) is 0 Å². The van der Waals surface area contributed by atoms with Crippen LogP contribution in [0.4, 0.5) is 5.82 Å². The van der Waals surface area contributed by atoms with E-state index < -0.39 is 0 Å². The van der Waals surface area contributed by atoms with E-state index in [2.05, 4.69) is 37.5 Å². The monoisotopic (exact) mass is 331 g/mol. The maximum absolute atomic E-state index is 12.3. The molecule has 1 aliphatic heterocycles. The largest absolute Gasteiger partial charge is 0.356 e. The molecule has 2 aromatic rings. The Hall–Kier alpha value is -2.02. The van der Waals surface area contributed by atoms with Crippen molar-refractivity contribution in [1.29, 1.82) is 0 Å². The van der Waals surface area contributed by atoms with Gasteiger partial charge in [-0.25, -0.2) is 9.97 Å². The van der Waals surface area contributed by atoms with Crippen LogP contribution in [-0.4, -0.2) is 39.4 Å². The van der Waals surface area contributed by atoms with Crippen molar-refractivity contribution in [1.82, 2.24) is 19.7 Å². The highest BCUT2D eigenvalue weighted by molar-refractivity contribution is 7.03. The van der Waals surface area contributed by atoms with Gasteiger partial charge in [-0.2, -0.15) is 4.37 Å². The molecule has 7 heteroatoms. The van der Waals surface area contributed by atoms with Gasteiger partial charge >= 0.3 is 0 Å². The molecule has 0 saturated carbocycles. The molecule has 1 N–H and O–H groups in total. The van der Waals surface area contributed by atoms with Crippen molar-refractivity contribution in [3.05, 3.63) is 34.7 Å². The lowest BCUT2D eigenvalue weighted by molar-refractivity contribution is 0.0930. The first-order chi connectivity index (χ1) is 11.2. The maximum atomic E-state index is 12.3. The van der Waals surface area contributed by atoms with Crippen LogP contribution in [0.25, 0.3) is 0 Å². The van der Waals surface area contributed by atoms with Gasteiger partial charge in [0.05, 0.1) is 11.3 Å². The Morgan fingerprint density at radius 2 is 2.17 bits per heavy atom. The lowest BCUT2D eigenvalue weighted by atomic mass is 10.0. The summed E-state index contributed by atoms with van der Waals surface area (Å²) in [5.74, 6) is 0.976. The number of carbonyl (C=O) groups excluding carboxylic acids is 1. The molecule has 122 valence electrons. The Morgan fingerprint density at radius 1 is 1.39 bits per heavy atom. The summed E-state index contributed by atoms with van der Waals surface area (Å²) in [5.41, 5.74) is 2.56. The summed E-state index contributed by atoms with van der Waals surface area (Å²) in [6.45, 7) is 5.75. The summed E-state index contributed by atoms with van der Waals surface area (Å²) < 4.78 is 4.16.